The summed E-state index contributed by atoms with van der Waals surface area (Å²) in [5, 5.41) is 10.6. The molecule has 0 heterocycles. The number of rotatable bonds is 8. The first kappa shape index (κ1) is 20.4. The predicted molar refractivity (Wildman–Crippen MR) is 106 cm³/mol. The highest BCUT2D eigenvalue weighted by Gasteiger charge is 2.44. The summed E-state index contributed by atoms with van der Waals surface area (Å²) in [5.74, 6) is 0.911. The molecule has 0 aromatic carbocycles. The van der Waals surface area contributed by atoms with Crippen molar-refractivity contribution >= 4 is 11.1 Å². The summed E-state index contributed by atoms with van der Waals surface area (Å²) in [6.07, 6.45) is 16.5. The van der Waals surface area contributed by atoms with Crippen LogP contribution in [0.25, 0.3) is 0 Å². The maximum atomic E-state index is 11.0. The Balaban J connectivity index is 2.14. The summed E-state index contributed by atoms with van der Waals surface area (Å²) < 4.78 is 20.1. The number of aliphatic hydroxyl groups is 1. The zero-order valence-corrected chi connectivity index (χ0v) is 16.5. The van der Waals surface area contributed by atoms with Gasteiger partial charge in [0, 0.05) is 5.75 Å². The molecule has 25 heavy (non-hydrogen) atoms. The van der Waals surface area contributed by atoms with Gasteiger partial charge in [0.05, 0.1) is 11.2 Å². The molecule has 2 N–H and O–H groups in total. The molecule has 0 fully saturated rings. The average molecular weight is 367 g/mol. The van der Waals surface area contributed by atoms with Crippen LogP contribution in [0.5, 0.6) is 0 Å². The first-order valence-corrected chi connectivity index (χ1v) is 11.1. The van der Waals surface area contributed by atoms with Gasteiger partial charge in [-0.25, -0.2) is 4.21 Å². The van der Waals surface area contributed by atoms with Crippen LogP contribution in [0.1, 0.15) is 77.6 Å². The van der Waals surface area contributed by atoms with Crippen molar-refractivity contribution in [2.75, 3.05) is 5.75 Å². The second-order valence-electron chi connectivity index (χ2n) is 7.71. The van der Waals surface area contributed by atoms with Gasteiger partial charge >= 0.3 is 0 Å². The van der Waals surface area contributed by atoms with Crippen molar-refractivity contribution in [3.05, 3.63) is 35.6 Å². The maximum absolute atomic E-state index is 11.0. The van der Waals surface area contributed by atoms with E-state index in [1.54, 1.807) is 0 Å². The molecule has 4 heteroatoms. The summed E-state index contributed by atoms with van der Waals surface area (Å²) in [7, 11) is 0. The molecule has 0 aromatic heterocycles. The van der Waals surface area contributed by atoms with Crippen molar-refractivity contribution in [2.45, 2.75) is 77.6 Å². The molecule has 3 atom stereocenters. The predicted octanol–water partition coefficient (Wildman–Crippen LogP) is 6.07. The van der Waals surface area contributed by atoms with Crippen LogP contribution in [0.15, 0.2) is 35.6 Å². The molecule has 0 saturated carbocycles. The highest BCUT2D eigenvalue weighted by molar-refractivity contribution is 7.79. The molecule has 3 unspecified atom stereocenters. The second-order valence-corrected chi connectivity index (χ2v) is 8.76. The Labute approximate surface area is 155 Å². The molecular weight excluding hydrogens is 332 g/mol. The van der Waals surface area contributed by atoms with Crippen molar-refractivity contribution in [1.82, 2.24) is 0 Å². The number of hydrogen-bond donors (Lipinski definition) is 2. The second kappa shape index (κ2) is 9.72. The van der Waals surface area contributed by atoms with E-state index in [-0.39, 0.29) is 11.2 Å². The van der Waals surface area contributed by atoms with Crippen LogP contribution >= 0.6 is 0 Å². The van der Waals surface area contributed by atoms with E-state index < -0.39 is 11.1 Å². The van der Waals surface area contributed by atoms with Crippen molar-refractivity contribution < 1.29 is 13.9 Å². The van der Waals surface area contributed by atoms with Gasteiger partial charge in [0.2, 0.25) is 0 Å². The quantitative estimate of drug-likeness (QED) is 0.311. The first-order chi connectivity index (χ1) is 12.0. The highest BCUT2D eigenvalue weighted by Crippen LogP contribution is 2.52. The lowest BCUT2D eigenvalue weighted by atomic mass is 9.60. The SMILES string of the molecule is C=C(O)C1(CCC2=CCCCCC2)C(C)=CCCC1CCCS(=O)O. The summed E-state index contributed by atoms with van der Waals surface area (Å²) in [6, 6.07) is 0. The monoisotopic (exact) mass is 366 g/mol. The van der Waals surface area contributed by atoms with E-state index in [4.69, 9.17) is 4.55 Å². The van der Waals surface area contributed by atoms with Crippen molar-refractivity contribution in [3.8, 4) is 0 Å². The standard InChI is InChI=1S/C21H34O3S/c1-17-9-7-12-20(13-8-16-25(23)24)21(17,18(2)22)15-14-19-10-5-3-4-6-11-19/h9-10,20,22H,2-8,11-16H2,1H3,(H,23,24). The molecule has 0 amide bonds. The summed E-state index contributed by atoms with van der Waals surface area (Å²) >= 11 is -1.73. The van der Waals surface area contributed by atoms with Crippen molar-refractivity contribution in [3.63, 3.8) is 0 Å². The zero-order valence-electron chi connectivity index (χ0n) is 15.6. The van der Waals surface area contributed by atoms with Crippen molar-refractivity contribution in [1.29, 1.82) is 0 Å². The van der Waals surface area contributed by atoms with Gasteiger partial charge in [0.15, 0.2) is 11.1 Å². The Morgan fingerprint density at radius 3 is 2.84 bits per heavy atom. The zero-order chi connectivity index (χ0) is 18.3. The topological polar surface area (TPSA) is 57.5 Å². The van der Waals surface area contributed by atoms with E-state index >= 15 is 0 Å². The fourth-order valence-corrected chi connectivity index (χ4v) is 5.18. The lowest BCUT2D eigenvalue weighted by molar-refractivity contribution is 0.135. The molecule has 0 aliphatic heterocycles. The van der Waals surface area contributed by atoms with Crippen LogP contribution in [0, 0.1) is 11.3 Å². The molecule has 0 radical (unpaired) electrons. The molecule has 2 aliphatic rings. The maximum Gasteiger partial charge on any atom is 0.152 e. The Morgan fingerprint density at radius 2 is 2.12 bits per heavy atom. The molecule has 0 spiro atoms. The van der Waals surface area contributed by atoms with Gasteiger partial charge in [-0.3, -0.25) is 0 Å². The van der Waals surface area contributed by atoms with Crippen LogP contribution in [-0.4, -0.2) is 19.6 Å². The lowest BCUT2D eigenvalue weighted by Crippen LogP contribution is -2.36. The Morgan fingerprint density at radius 1 is 1.32 bits per heavy atom. The van der Waals surface area contributed by atoms with Crippen LogP contribution in [-0.2, 0) is 11.1 Å². The van der Waals surface area contributed by atoms with Gasteiger partial charge in [-0.15, -0.1) is 0 Å². The van der Waals surface area contributed by atoms with E-state index in [0.29, 0.717) is 11.7 Å². The molecule has 2 rings (SSSR count). The largest absolute Gasteiger partial charge is 0.512 e. The van der Waals surface area contributed by atoms with E-state index in [0.717, 1.165) is 38.5 Å². The Hall–Kier alpha value is -0.870. The number of allylic oxidation sites excluding steroid dienone is 4. The molecule has 142 valence electrons. The molecule has 0 bridgehead atoms. The highest BCUT2D eigenvalue weighted by atomic mass is 32.2. The lowest BCUT2D eigenvalue weighted by Gasteiger charge is -2.44. The normalized spacial score (nSPS) is 28.6. The smallest absolute Gasteiger partial charge is 0.152 e. The van der Waals surface area contributed by atoms with Gasteiger partial charge in [0.1, 0.15) is 0 Å². The Bertz CT molecular complexity index is 549. The van der Waals surface area contributed by atoms with Crippen LogP contribution in [0.2, 0.25) is 0 Å². The minimum absolute atomic E-state index is 0.283. The van der Waals surface area contributed by atoms with E-state index in [1.807, 2.05) is 0 Å². The van der Waals surface area contributed by atoms with Gasteiger partial charge in [-0.1, -0.05) is 36.3 Å². The van der Waals surface area contributed by atoms with E-state index in [9.17, 15) is 9.32 Å². The third-order valence-corrected chi connectivity index (χ3v) is 6.87. The average Bonchev–Trinajstić information content (AvgIpc) is 2.82. The minimum Gasteiger partial charge on any atom is -0.512 e. The fourth-order valence-electron chi connectivity index (χ4n) is 4.77. The fraction of sp³-hybridized carbons (Fsp3) is 0.714. The molecular formula is C21H34O3S. The molecule has 0 saturated heterocycles. The minimum atomic E-state index is -1.73. The van der Waals surface area contributed by atoms with Crippen LogP contribution < -0.4 is 0 Å². The molecule has 3 nitrogen and oxygen atoms in total. The number of hydrogen-bond acceptors (Lipinski definition) is 2. The van der Waals surface area contributed by atoms with Gasteiger partial charge in [-0.2, -0.15) is 0 Å². The third-order valence-electron chi connectivity index (χ3n) is 6.23. The summed E-state index contributed by atoms with van der Waals surface area (Å²) in [5.41, 5.74) is 2.41. The Kier molecular flexibility index (Phi) is 7.95. The third kappa shape index (κ3) is 5.30. The summed E-state index contributed by atoms with van der Waals surface area (Å²) in [4.78, 5) is 0. The van der Waals surface area contributed by atoms with Gasteiger partial charge < -0.3 is 9.66 Å². The van der Waals surface area contributed by atoms with E-state index in [2.05, 4.69) is 25.7 Å². The molecule has 0 aromatic rings. The van der Waals surface area contributed by atoms with Crippen LogP contribution in [0.4, 0.5) is 0 Å². The van der Waals surface area contributed by atoms with Crippen molar-refractivity contribution in [2.24, 2.45) is 11.3 Å². The number of aliphatic hydroxyl groups excluding tert-OH is 1. The van der Waals surface area contributed by atoms with E-state index in [1.165, 1.54) is 43.3 Å². The van der Waals surface area contributed by atoms with Gasteiger partial charge in [-0.05, 0) is 77.0 Å². The summed E-state index contributed by atoms with van der Waals surface area (Å²) in [6.45, 7) is 6.09. The van der Waals surface area contributed by atoms with Crippen LogP contribution in [0.3, 0.4) is 0 Å². The molecule has 2 aliphatic carbocycles. The first-order valence-electron chi connectivity index (χ1n) is 9.77. The van der Waals surface area contributed by atoms with Gasteiger partial charge in [0.25, 0.3) is 0 Å².